The molecule has 1 heterocycles. The van der Waals surface area contributed by atoms with Crippen molar-refractivity contribution in [1.82, 2.24) is 5.16 Å². The molecular formula is C18H20N2O6. The first-order chi connectivity index (χ1) is 12.4. The molecule has 8 heteroatoms. The fourth-order valence-corrected chi connectivity index (χ4v) is 2.12. The average molecular weight is 360 g/mol. The Morgan fingerprint density at radius 2 is 2.04 bits per heavy atom. The van der Waals surface area contributed by atoms with Crippen molar-refractivity contribution in [3.8, 4) is 11.5 Å². The third kappa shape index (κ3) is 5.10. The maximum Gasteiger partial charge on any atom is 0.331 e. The Hall–Kier alpha value is -3.29. The Balaban J connectivity index is 2.04. The van der Waals surface area contributed by atoms with Crippen molar-refractivity contribution in [3.05, 3.63) is 46.9 Å². The van der Waals surface area contributed by atoms with Gasteiger partial charge in [-0.1, -0.05) is 11.2 Å². The number of nitrogens with zero attached hydrogens (tertiary/aromatic N) is 1. The third-order valence-electron chi connectivity index (χ3n) is 3.51. The SMILES string of the molecule is COc1cc(/C=C/C(=O)OCC(N)=O)ccc1OCc1c(C)noc1C. The highest BCUT2D eigenvalue weighted by molar-refractivity contribution is 5.89. The molecule has 1 amide bonds. The molecule has 26 heavy (non-hydrogen) atoms. The summed E-state index contributed by atoms with van der Waals surface area (Å²) in [6.07, 6.45) is 2.73. The van der Waals surface area contributed by atoms with Crippen LogP contribution in [0.5, 0.6) is 11.5 Å². The lowest BCUT2D eigenvalue weighted by molar-refractivity contribution is -0.142. The van der Waals surface area contributed by atoms with Crippen molar-refractivity contribution < 1.29 is 28.3 Å². The Morgan fingerprint density at radius 3 is 2.65 bits per heavy atom. The van der Waals surface area contributed by atoms with Gasteiger partial charge in [-0.05, 0) is 37.6 Å². The molecule has 0 saturated heterocycles. The van der Waals surface area contributed by atoms with E-state index in [2.05, 4.69) is 9.89 Å². The number of benzene rings is 1. The fraction of sp³-hybridized carbons (Fsp3) is 0.278. The Kier molecular flexibility index (Phi) is 6.37. The zero-order valence-corrected chi connectivity index (χ0v) is 14.8. The van der Waals surface area contributed by atoms with Crippen molar-refractivity contribution in [3.63, 3.8) is 0 Å². The number of ether oxygens (including phenoxy) is 3. The van der Waals surface area contributed by atoms with E-state index in [0.717, 1.165) is 11.3 Å². The van der Waals surface area contributed by atoms with Gasteiger partial charge in [0.15, 0.2) is 18.1 Å². The highest BCUT2D eigenvalue weighted by Crippen LogP contribution is 2.30. The normalized spacial score (nSPS) is 10.7. The Labute approximate surface area is 150 Å². The Bertz CT molecular complexity index is 806. The number of hydrogen-bond acceptors (Lipinski definition) is 7. The molecule has 0 bridgehead atoms. The predicted molar refractivity (Wildman–Crippen MR) is 92.5 cm³/mol. The minimum Gasteiger partial charge on any atom is -0.493 e. The molecule has 0 aliphatic heterocycles. The number of esters is 1. The van der Waals surface area contributed by atoms with Crippen LogP contribution in [-0.4, -0.2) is 30.7 Å². The van der Waals surface area contributed by atoms with Crippen LogP contribution in [0.2, 0.25) is 0 Å². The van der Waals surface area contributed by atoms with Gasteiger partial charge in [0.05, 0.1) is 18.4 Å². The molecular weight excluding hydrogens is 340 g/mol. The molecule has 1 aromatic carbocycles. The number of rotatable bonds is 8. The van der Waals surface area contributed by atoms with Crippen LogP contribution in [0, 0.1) is 13.8 Å². The molecule has 1 aromatic heterocycles. The van der Waals surface area contributed by atoms with Gasteiger partial charge in [-0.2, -0.15) is 0 Å². The summed E-state index contributed by atoms with van der Waals surface area (Å²) in [6.45, 7) is 3.51. The van der Waals surface area contributed by atoms with Gasteiger partial charge in [-0.25, -0.2) is 4.79 Å². The summed E-state index contributed by atoms with van der Waals surface area (Å²) in [6, 6.07) is 5.19. The lowest BCUT2D eigenvalue weighted by Crippen LogP contribution is -2.19. The molecule has 2 aromatic rings. The van der Waals surface area contributed by atoms with E-state index >= 15 is 0 Å². The molecule has 0 aliphatic rings. The number of aryl methyl sites for hydroxylation is 2. The van der Waals surface area contributed by atoms with E-state index in [1.807, 2.05) is 13.8 Å². The van der Waals surface area contributed by atoms with E-state index in [1.54, 1.807) is 18.2 Å². The number of methoxy groups -OCH3 is 1. The van der Waals surface area contributed by atoms with Crippen LogP contribution in [0.3, 0.4) is 0 Å². The maximum atomic E-state index is 11.5. The summed E-state index contributed by atoms with van der Waals surface area (Å²) in [7, 11) is 1.52. The molecule has 2 rings (SSSR count). The summed E-state index contributed by atoms with van der Waals surface area (Å²) in [5.74, 6) is 0.371. The molecule has 138 valence electrons. The van der Waals surface area contributed by atoms with E-state index in [4.69, 9.17) is 19.7 Å². The second-order valence-corrected chi connectivity index (χ2v) is 5.41. The summed E-state index contributed by atoms with van der Waals surface area (Å²) in [5, 5.41) is 3.88. The summed E-state index contributed by atoms with van der Waals surface area (Å²) >= 11 is 0. The van der Waals surface area contributed by atoms with E-state index in [0.29, 0.717) is 29.4 Å². The Morgan fingerprint density at radius 1 is 1.27 bits per heavy atom. The highest BCUT2D eigenvalue weighted by Gasteiger charge is 2.12. The minimum atomic E-state index is -0.715. The molecule has 0 radical (unpaired) electrons. The first kappa shape index (κ1) is 19.0. The third-order valence-corrected chi connectivity index (χ3v) is 3.51. The number of primary amides is 1. The second kappa shape index (κ2) is 8.70. The standard InChI is InChI=1S/C18H20N2O6/c1-11-14(12(2)26-20-11)9-24-15-6-4-13(8-16(15)23-3)5-7-18(22)25-10-17(19)21/h4-8H,9-10H2,1-3H3,(H2,19,21)/b7-5+. The quantitative estimate of drug-likeness (QED) is 0.565. The van der Waals surface area contributed by atoms with Crippen LogP contribution >= 0.6 is 0 Å². The van der Waals surface area contributed by atoms with Gasteiger partial charge in [0.1, 0.15) is 12.4 Å². The van der Waals surface area contributed by atoms with Crippen molar-refractivity contribution in [1.29, 1.82) is 0 Å². The summed E-state index contributed by atoms with van der Waals surface area (Å²) < 4.78 is 20.9. The minimum absolute atomic E-state index is 0.298. The molecule has 0 fully saturated rings. The number of nitrogens with two attached hydrogens (primary N) is 1. The van der Waals surface area contributed by atoms with Crippen LogP contribution < -0.4 is 15.2 Å². The second-order valence-electron chi connectivity index (χ2n) is 5.41. The molecule has 0 aliphatic carbocycles. The smallest absolute Gasteiger partial charge is 0.331 e. The first-order valence-corrected chi connectivity index (χ1v) is 7.76. The largest absolute Gasteiger partial charge is 0.493 e. The van der Waals surface area contributed by atoms with Gasteiger partial charge in [0.2, 0.25) is 0 Å². The van der Waals surface area contributed by atoms with Crippen LogP contribution in [0.15, 0.2) is 28.8 Å². The average Bonchev–Trinajstić information content (AvgIpc) is 2.94. The molecule has 0 spiro atoms. The predicted octanol–water partition coefficient (Wildman–Crippen LogP) is 1.92. The summed E-state index contributed by atoms with van der Waals surface area (Å²) in [5.41, 5.74) is 7.26. The van der Waals surface area contributed by atoms with Gasteiger partial charge < -0.3 is 24.5 Å². The first-order valence-electron chi connectivity index (χ1n) is 7.76. The molecule has 0 unspecified atom stereocenters. The number of hydrogen-bond donors (Lipinski definition) is 1. The van der Waals surface area contributed by atoms with E-state index in [-0.39, 0.29) is 0 Å². The topological polar surface area (TPSA) is 114 Å². The van der Waals surface area contributed by atoms with Gasteiger partial charge in [-0.15, -0.1) is 0 Å². The number of aromatic nitrogens is 1. The maximum absolute atomic E-state index is 11.5. The lowest BCUT2D eigenvalue weighted by Gasteiger charge is -2.11. The summed E-state index contributed by atoms with van der Waals surface area (Å²) in [4.78, 5) is 22.0. The molecule has 0 atom stereocenters. The molecule has 0 saturated carbocycles. The van der Waals surface area contributed by atoms with E-state index < -0.39 is 18.5 Å². The number of amides is 1. The van der Waals surface area contributed by atoms with Crippen LogP contribution in [-0.2, 0) is 20.9 Å². The molecule has 8 nitrogen and oxygen atoms in total. The van der Waals surface area contributed by atoms with Crippen molar-refractivity contribution in [2.24, 2.45) is 5.73 Å². The zero-order chi connectivity index (χ0) is 19.1. The number of carbonyl (C=O) groups is 2. The van der Waals surface area contributed by atoms with E-state index in [9.17, 15) is 9.59 Å². The van der Waals surface area contributed by atoms with Gasteiger partial charge in [0.25, 0.3) is 5.91 Å². The number of carbonyl (C=O) groups excluding carboxylic acids is 2. The van der Waals surface area contributed by atoms with E-state index in [1.165, 1.54) is 19.3 Å². The van der Waals surface area contributed by atoms with Crippen LogP contribution in [0.25, 0.3) is 6.08 Å². The highest BCUT2D eigenvalue weighted by atomic mass is 16.5. The van der Waals surface area contributed by atoms with Crippen molar-refractivity contribution >= 4 is 18.0 Å². The van der Waals surface area contributed by atoms with Gasteiger partial charge in [0, 0.05) is 6.08 Å². The van der Waals surface area contributed by atoms with Crippen molar-refractivity contribution in [2.75, 3.05) is 13.7 Å². The van der Waals surface area contributed by atoms with Crippen LogP contribution in [0.1, 0.15) is 22.6 Å². The van der Waals surface area contributed by atoms with Gasteiger partial charge in [-0.3, -0.25) is 4.79 Å². The lowest BCUT2D eigenvalue weighted by atomic mass is 10.2. The monoisotopic (exact) mass is 360 g/mol. The van der Waals surface area contributed by atoms with Gasteiger partial charge >= 0.3 is 5.97 Å². The van der Waals surface area contributed by atoms with Crippen LogP contribution in [0.4, 0.5) is 0 Å². The zero-order valence-electron chi connectivity index (χ0n) is 14.8. The fourth-order valence-electron chi connectivity index (χ4n) is 2.12. The molecule has 2 N–H and O–H groups in total. The van der Waals surface area contributed by atoms with Crippen molar-refractivity contribution in [2.45, 2.75) is 20.5 Å².